The molecule has 28 heavy (non-hydrogen) atoms. The monoisotopic (exact) mass is 396 g/mol. The third-order valence-corrected chi connectivity index (χ3v) is 5.75. The van der Waals surface area contributed by atoms with Crippen LogP contribution in [0, 0.1) is 0 Å². The summed E-state index contributed by atoms with van der Waals surface area (Å²) in [6, 6.07) is 13.7. The standard InChI is InChI=1S/C22H20O5S/c1-21(2)24-15-6-5-12(10-16(15)25-21)18-7-8-19(28-18)13-9-14(23)20-17(11-13)26-22(3,4)27-20/h5-11,23H,1-4H3. The summed E-state index contributed by atoms with van der Waals surface area (Å²) in [4.78, 5) is 2.13. The molecule has 2 aliphatic rings. The van der Waals surface area contributed by atoms with Gasteiger partial charge in [-0.05, 0) is 53.6 Å². The van der Waals surface area contributed by atoms with E-state index in [-0.39, 0.29) is 5.75 Å². The maximum absolute atomic E-state index is 10.4. The van der Waals surface area contributed by atoms with Crippen molar-refractivity contribution in [2.24, 2.45) is 0 Å². The van der Waals surface area contributed by atoms with Crippen LogP contribution < -0.4 is 18.9 Å². The first-order valence-electron chi connectivity index (χ1n) is 9.07. The molecule has 3 heterocycles. The third kappa shape index (κ3) is 2.85. The Balaban J connectivity index is 1.48. The molecule has 0 atom stereocenters. The van der Waals surface area contributed by atoms with Gasteiger partial charge in [-0.1, -0.05) is 0 Å². The van der Waals surface area contributed by atoms with Gasteiger partial charge < -0.3 is 24.1 Å². The zero-order chi connectivity index (χ0) is 19.7. The minimum Gasteiger partial charge on any atom is -0.504 e. The molecule has 3 aromatic rings. The molecule has 1 N–H and O–H groups in total. The molecule has 0 unspecified atom stereocenters. The lowest BCUT2D eigenvalue weighted by molar-refractivity contribution is -0.0442. The predicted octanol–water partition coefficient (Wildman–Crippen LogP) is 5.80. The minimum atomic E-state index is -0.778. The van der Waals surface area contributed by atoms with E-state index < -0.39 is 11.6 Å². The number of aromatic hydroxyl groups is 1. The summed E-state index contributed by atoms with van der Waals surface area (Å²) in [6.07, 6.45) is 0. The maximum Gasteiger partial charge on any atom is 0.246 e. The largest absolute Gasteiger partial charge is 0.504 e. The van der Waals surface area contributed by atoms with Gasteiger partial charge >= 0.3 is 0 Å². The molecule has 0 saturated carbocycles. The summed E-state index contributed by atoms with van der Waals surface area (Å²) in [5, 5.41) is 10.4. The van der Waals surface area contributed by atoms with Gasteiger partial charge in [0.2, 0.25) is 17.3 Å². The zero-order valence-corrected chi connectivity index (χ0v) is 16.8. The van der Waals surface area contributed by atoms with Gasteiger partial charge in [-0.3, -0.25) is 0 Å². The Labute approximate surface area is 167 Å². The second-order valence-electron chi connectivity index (χ2n) is 7.86. The Hall–Kier alpha value is -2.86. The normalized spacial score (nSPS) is 17.7. The first kappa shape index (κ1) is 17.3. The number of phenols is 1. The SMILES string of the molecule is CC1(C)Oc2ccc(-c3ccc(-c4cc(O)c5c(c4)OC(C)(C)O5)s3)cc2O1. The van der Waals surface area contributed by atoms with Crippen molar-refractivity contribution >= 4 is 11.3 Å². The second kappa shape index (κ2) is 5.58. The fourth-order valence-electron chi connectivity index (χ4n) is 3.46. The molecule has 0 radical (unpaired) electrons. The van der Waals surface area contributed by atoms with Crippen molar-refractivity contribution in [3.63, 3.8) is 0 Å². The summed E-state index contributed by atoms with van der Waals surface area (Å²) in [5.41, 5.74) is 1.94. The molecule has 144 valence electrons. The van der Waals surface area contributed by atoms with E-state index in [4.69, 9.17) is 18.9 Å². The minimum absolute atomic E-state index is 0.0818. The van der Waals surface area contributed by atoms with Crippen molar-refractivity contribution in [1.29, 1.82) is 0 Å². The molecule has 0 fully saturated rings. The van der Waals surface area contributed by atoms with Crippen LogP contribution in [0.2, 0.25) is 0 Å². The number of fused-ring (bicyclic) bond motifs is 2. The average Bonchev–Trinajstić information content (AvgIpc) is 3.26. The van der Waals surface area contributed by atoms with Gasteiger partial charge in [0.05, 0.1) is 0 Å². The van der Waals surface area contributed by atoms with E-state index in [1.165, 1.54) is 0 Å². The lowest BCUT2D eigenvalue weighted by Crippen LogP contribution is -2.29. The molecule has 0 spiro atoms. The van der Waals surface area contributed by atoms with E-state index in [0.29, 0.717) is 11.5 Å². The molecule has 6 heteroatoms. The van der Waals surface area contributed by atoms with E-state index in [9.17, 15) is 5.11 Å². The first-order chi connectivity index (χ1) is 13.2. The van der Waals surface area contributed by atoms with Crippen molar-refractivity contribution in [2.45, 2.75) is 39.3 Å². The van der Waals surface area contributed by atoms with Gasteiger partial charge in [-0.25, -0.2) is 0 Å². The number of phenolic OH excluding ortho intramolecular Hbond substituents is 1. The highest BCUT2D eigenvalue weighted by molar-refractivity contribution is 7.18. The van der Waals surface area contributed by atoms with Gasteiger partial charge in [0.1, 0.15) is 0 Å². The van der Waals surface area contributed by atoms with Crippen LogP contribution in [0.25, 0.3) is 20.9 Å². The highest BCUT2D eigenvalue weighted by Crippen LogP contribution is 2.49. The fourth-order valence-corrected chi connectivity index (χ4v) is 4.45. The molecule has 0 amide bonds. The van der Waals surface area contributed by atoms with Gasteiger partial charge in [0.25, 0.3) is 0 Å². The second-order valence-corrected chi connectivity index (χ2v) is 8.94. The molecule has 0 saturated heterocycles. The van der Waals surface area contributed by atoms with E-state index in [1.54, 1.807) is 17.4 Å². The summed E-state index contributed by atoms with van der Waals surface area (Å²) >= 11 is 1.63. The van der Waals surface area contributed by atoms with E-state index in [2.05, 4.69) is 6.07 Å². The van der Waals surface area contributed by atoms with Crippen molar-refractivity contribution in [2.75, 3.05) is 0 Å². The quantitative estimate of drug-likeness (QED) is 0.593. The third-order valence-electron chi connectivity index (χ3n) is 4.57. The Morgan fingerprint density at radius 1 is 0.679 bits per heavy atom. The van der Waals surface area contributed by atoms with Gasteiger partial charge in [-0.2, -0.15) is 0 Å². The van der Waals surface area contributed by atoms with Crippen molar-refractivity contribution in [3.8, 4) is 49.6 Å². The molecule has 5 rings (SSSR count). The topological polar surface area (TPSA) is 57.2 Å². The number of thiophene rings is 1. The number of ether oxygens (including phenoxy) is 4. The van der Waals surface area contributed by atoms with Crippen LogP contribution in [0.15, 0.2) is 42.5 Å². The van der Waals surface area contributed by atoms with Gasteiger partial charge in [-0.15, -0.1) is 11.3 Å². The number of hydrogen-bond donors (Lipinski definition) is 1. The molecule has 0 aliphatic carbocycles. The van der Waals surface area contributed by atoms with Crippen LogP contribution in [0.4, 0.5) is 0 Å². The lowest BCUT2D eigenvalue weighted by atomic mass is 10.1. The Bertz CT molecular complexity index is 1100. The summed E-state index contributed by atoms with van der Waals surface area (Å²) in [5.74, 6) is 1.12. The van der Waals surface area contributed by atoms with Gasteiger partial charge in [0, 0.05) is 37.4 Å². The van der Waals surface area contributed by atoms with Crippen molar-refractivity contribution in [3.05, 3.63) is 42.5 Å². The highest BCUT2D eigenvalue weighted by Gasteiger charge is 2.34. The molecular formula is C22H20O5S. The number of rotatable bonds is 2. The Morgan fingerprint density at radius 3 is 2.07 bits per heavy atom. The number of hydrogen-bond acceptors (Lipinski definition) is 6. The Morgan fingerprint density at radius 2 is 1.29 bits per heavy atom. The van der Waals surface area contributed by atoms with Crippen LogP contribution in [0.3, 0.4) is 0 Å². The van der Waals surface area contributed by atoms with Crippen LogP contribution in [0.5, 0.6) is 28.7 Å². The maximum atomic E-state index is 10.4. The van der Waals surface area contributed by atoms with Crippen LogP contribution in [-0.2, 0) is 0 Å². The average molecular weight is 396 g/mol. The van der Waals surface area contributed by atoms with E-state index >= 15 is 0 Å². The first-order valence-corrected chi connectivity index (χ1v) is 9.88. The Kier molecular flexibility index (Phi) is 3.44. The summed E-state index contributed by atoms with van der Waals surface area (Å²) in [6.45, 7) is 7.42. The lowest BCUT2D eigenvalue weighted by Gasteiger charge is -2.16. The van der Waals surface area contributed by atoms with Crippen molar-refractivity contribution in [1.82, 2.24) is 0 Å². The van der Waals surface area contributed by atoms with Crippen LogP contribution >= 0.6 is 11.3 Å². The van der Waals surface area contributed by atoms with Crippen LogP contribution in [-0.4, -0.2) is 16.7 Å². The fraction of sp³-hybridized carbons (Fsp3) is 0.273. The summed E-state index contributed by atoms with van der Waals surface area (Å²) < 4.78 is 23.1. The molecule has 2 aliphatic heterocycles. The molecule has 2 aromatic carbocycles. The van der Waals surface area contributed by atoms with Crippen molar-refractivity contribution < 1.29 is 24.1 Å². The highest BCUT2D eigenvalue weighted by atomic mass is 32.1. The molecular weight excluding hydrogens is 376 g/mol. The van der Waals surface area contributed by atoms with Gasteiger partial charge in [0.15, 0.2) is 23.0 Å². The van der Waals surface area contributed by atoms with Crippen LogP contribution in [0.1, 0.15) is 27.7 Å². The number of benzene rings is 2. The predicted molar refractivity (Wildman–Crippen MR) is 108 cm³/mol. The molecule has 5 nitrogen and oxygen atoms in total. The zero-order valence-electron chi connectivity index (χ0n) is 16.0. The molecule has 0 bridgehead atoms. The summed E-state index contributed by atoms with van der Waals surface area (Å²) in [7, 11) is 0. The van der Waals surface area contributed by atoms with E-state index in [0.717, 1.165) is 32.4 Å². The molecule has 1 aromatic heterocycles. The smallest absolute Gasteiger partial charge is 0.246 e. The van der Waals surface area contributed by atoms with E-state index in [1.807, 2.05) is 58.0 Å².